The van der Waals surface area contributed by atoms with Crippen LogP contribution < -0.4 is 5.32 Å². The van der Waals surface area contributed by atoms with Crippen molar-refractivity contribution < 1.29 is 14.7 Å². The van der Waals surface area contributed by atoms with Crippen LogP contribution in [0.15, 0.2) is 18.3 Å². The number of carboxylic acid groups (broad SMARTS) is 1. The Bertz CT molecular complexity index is 492. The van der Waals surface area contributed by atoms with Crippen LogP contribution >= 0.6 is 0 Å². The SMILES string of the molecule is CC(CN1CCCCC1)NC(=O)c1cccn1CC(=O)O. The van der Waals surface area contributed by atoms with E-state index in [0.29, 0.717) is 5.69 Å². The van der Waals surface area contributed by atoms with Crippen molar-refractivity contribution in [3.8, 4) is 0 Å². The number of hydrogen-bond acceptors (Lipinski definition) is 3. The summed E-state index contributed by atoms with van der Waals surface area (Å²) >= 11 is 0. The van der Waals surface area contributed by atoms with Crippen LogP contribution in [0.5, 0.6) is 0 Å². The van der Waals surface area contributed by atoms with Gasteiger partial charge in [0.2, 0.25) is 0 Å². The Morgan fingerprint density at radius 3 is 2.71 bits per heavy atom. The number of likely N-dealkylation sites (tertiary alicyclic amines) is 1. The summed E-state index contributed by atoms with van der Waals surface area (Å²) in [5, 5.41) is 11.8. The molecule has 2 heterocycles. The summed E-state index contributed by atoms with van der Waals surface area (Å²) in [4.78, 5) is 25.3. The molecule has 6 heteroatoms. The van der Waals surface area contributed by atoms with Gasteiger partial charge < -0.3 is 19.9 Å². The van der Waals surface area contributed by atoms with Gasteiger partial charge in [-0.05, 0) is 45.0 Å². The molecule has 116 valence electrons. The molecule has 21 heavy (non-hydrogen) atoms. The van der Waals surface area contributed by atoms with Crippen molar-refractivity contribution in [2.24, 2.45) is 0 Å². The molecule has 0 aromatic carbocycles. The number of carbonyl (C=O) groups is 2. The van der Waals surface area contributed by atoms with E-state index in [-0.39, 0.29) is 18.5 Å². The van der Waals surface area contributed by atoms with Crippen LogP contribution in [0.25, 0.3) is 0 Å². The smallest absolute Gasteiger partial charge is 0.323 e. The lowest BCUT2D eigenvalue weighted by atomic mass is 10.1. The first kappa shape index (κ1) is 15.6. The third-order valence-electron chi connectivity index (χ3n) is 3.73. The first-order valence-corrected chi connectivity index (χ1v) is 7.46. The van der Waals surface area contributed by atoms with Gasteiger partial charge in [-0.15, -0.1) is 0 Å². The second-order valence-corrected chi connectivity index (χ2v) is 5.65. The number of aliphatic carboxylic acids is 1. The quantitative estimate of drug-likeness (QED) is 0.826. The van der Waals surface area contributed by atoms with E-state index in [4.69, 9.17) is 5.11 Å². The van der Waals surface area contributed by atoms with Crippen LogP contribution in [-0.4, -0.2) is 52.1 Å². The monoisotopic (exact) mass is 293 g/mol. The number of hydrogen-bond donors (Lipinski definition) is 2. The molecule has 1 aliphatic heterocycles. The van der Waals surface area contributed by atoms with Gasteiger partial charge in [0, 0.05) is 18.8 Å². The molecule has 1 fully saturated rings. The topological polar surface area (TPSA) is 74.6 Å². The lowest BCUT2D eigenvalue weighted by Gasteiger charge is -2.29. The lowest BCUT2D eigenvalue weighted by molar-refractivity contribution is -0.137. The van der Waals surface area contributed by atoms with Gasteiger partial charge in [0.05, 0.1) is 0 Å². The molecule has 0 saturated carbocycles. The minimum Gasteiger partial charge on any atom is -0.480 e. The molecule has 0 bridgehead atoms. The molecule has 2 N–H and O–H groups in total. The second kappa shape index (κ2) is 7.26. The molecule has 1 unspecified atom stereocenters. The summed E-state index contributed by atoms with van der Waals surface area (Å²) in [5.41, 5.74) is 0.392. The molecule has 1 saturated heterocycles. The van der Waals surface area contributed by atoms with Gasteiger partial charge in [0.1, 0.15) is 12.2 Å². The number of piperidine rings is 1. The van der Waals surface area contributed by atoms with Crippen LogP contribution in [0.2, 0.25) is 0 Å². The average Bonchev–Trinajstić information content (AvgIpc) is 2.87. The zero-order valence-corrected chi connectivity index (χ0v) is 12.4. The average molecular weight is 293 g/mol. The highest BCUT2D eigenvalue weighted by molar-refractivity contribution is 5.93. The van der Waals surface area contributed by atoms with Crippen molar-refractivity contribution in [1.82, 2.24) is 14.8 Å². The van der Waals surface area contributed by atoms with E-state index in [1.807, 2.05) is 6.92 Å². The third kappa shape index (κ3) is 4.60. The normalized spacial score (nSPS) is 17.4. The predicted molar refractivity (Wildman–Crippen MR) is 79.3 cm³/mol. The van der Waals surface area contributed by atoms with E-state index in [0.717, 1.165) is 19.6 Å². The first-order valence-electron chi connectivity index (χ1n) is 7.46. The Morgan fingerprint density at radius 1 is 1.33 bits per heavy atom. The van der Waals surface area contributed by atoms with Gasteiger partial charge in [0.25, 0.3) is 5.91 Å². The summed E-state index contributed by atoms with van der Waals surface area (Å²) < 4.78 is 1.45. The lowest BCUT2D eigenvalue weighted by Crippen LogP contribution is -2.44. The minimum atomic E-state index is -0.957. The van der Waals surface area contributed by atoms with Gasteiger partial charge in [-0.25, -0.2) is 0 Å². The molecular weight excluding hydrogens is 270 g/mol. The Kier molecular flexibility index (Phi) is 5.38. The summed E-state index contributed by atoms with van der Waals surface area (Å²) in [6.45, 7) is 4.81. The standard InChI is InChI=1S/C15H23N3O3/c1-12(10-17-7-3-2-4-8-17)16-15(21)13-6-5-9-18(13)11-14(19)20/h5-6,9,12H,2-4,7-8,10-11H2,1H3,(H,16,21)(H,19,20). The highest BCUT2D eigenvalue weighted by Crippen LogP contribution is 2.09. The summed E-state index contributed by atoms with van der Waals surface area (Å²) in [6.07, 6.45) is 5.35. The molecule has 0 radical (unpaired) electrons. The largest absolute Gasteiger partial charge is 0.480 e. The van der Waals surface area contributed by atoms with Crippen molar-refractivity contribution >= 4 is 11.9 Å². The van der Waals surface area contributed by atoms with Crippen LogP contribution in [0.3, 0.4) is 0 Å². The number of nitrogens with one attached hydrogen (secondary N) is 1. The molecule has 0 spiro atoms. The molecule has 1 aromatic heterocycles. The predicted octanol–water partition coefficient (Wildman–Crippen LogP) is 1.18. The second-order valence-electron chi connectivity index (χ2n) is 5.65. The summed E-state index contributed by atoms with van der Waals surface area (Å²) in [7, 11) is 0. The molecule has 1 amide bonds. The first-order chi connectivity index (χ1) is 10.1. The molecule has 1 aromatic rings. The van der Waals surface area contributed by atoms with Gasteiger partial charge in [0.15, 0.2) is 0 Å². The molecule has 0 aliphatic carbocycles. The van der Waals surface area contributed by atoms with Crippen LogP contribution in [0.4, 0.5) is 0 Å². The maximum absolute atomic E-state index is 12.2. The molecule has 1 aliphatic rings. The summed E-state index contributed by atoms with van der Waals surface area (Å²) in [5.74, 6) is -1.17. The number of carbonyl (C=O) groups excluding carboxylic acids is 1. The number of nitrogens with zero attached hydrogens (tertiary/aromatic N) is 2. The van der Waals surface area contributed by atoms with E-state index in [9.17, 15) is 9.59 Å². The van der Waals surface area contributed by atoms with Crippen molar-refractivity contribution in [3.63, 3.8) is 0 Å². The maximum atomic E-state index is 12.2. The fourth-order valence-corrected chi connectivity index (χ4v) is 2.78. The Labute approximate surface area is 124 Å². The van der Waals surface area contributed by atoms with Crippen molar-refractivity contribution in [1.29, 1.82) is 0 Å². The van der Waals surface area contributed by atoms with Crippen LogP contribution in [-0.2, 0) is 11.3 Å². The van der Waals surface area contributed by atoms with E-state index in [1.54, 1.807) is 18.3 Å². The highest BCUT2D eigenvalue weighted by atomic mass is 16.4. The zero-order chi connectivity index (χ0) is 15.2. The number of rotatable bonds is 6. The third-order valence-corrected chi connectivity index (χ3v) is 3.73. The van der Waals surface area contributed by atoms with E-state index >= 15 is 0 Å². The molecule has 1 atom stereocenters. The number of carboxylic acids is 1. The fourth-order valence-electron chi connectivity index (χ4n) is 2.78. The van der Waals surface area contributed by atoms with Gasteiger partial charge >= 0.3 is 5.97 Å². The summed E-state index contributed by atoms with van der Waals surface area (Å²) in [6, 6.07) is 3.38. The Balaban J connectivity index is 1.88. The van der Waals surface area contributed by atoms with Crippen LogP contribution in [0, 0.1) is 0 Å². The molecular formula is C15H23N3O3. The molecule has 6 nitrogen and oxygen atoms in total. The number of amides is 1. The van der Waals surface area contributed by atoms with Gasteiger partial charge in [-0.3, -0.25) is 9.59 Å². The van der Waals surface area contributed by atoms with E-state index < -0.39 is 5.97 Å². The Morgan fingerprint density at radius 2 is 2.05 bits per heavy atom. The van der Waals surface area contributed by atoms with Crippen molar-refractivity contribution in [2.75, 3.05) is 19.6 Å². The maximum Gasteiger partial charge on any atom is 0.323 e. The minimum absolute atomic E-state index is 0.0452. The van der Waals surface area contributed by atoms with Crippen LogP contribution in [0.1, 0.15) is 36.7 Å². The van der Waals surface area contributed by atoms with Gasteiger partial charge in [-0.2, -0.15) is 0 Å². The number of aromatic nitrogens is 1. The van der Waals surface area contributed by atoms with Crippen molar-refractivity contribution in [2.45, 2.75) is 38.8 Å². The van der Waals surface area contributed by atoms with E-state index in [2.05, 4.69) is 10.2 Å². The van der Waals surface area contributed by atoms with E-state index in [1.165, 1.54) is 23.8 Å². The fraction of sp³-hybridized carbons (Fsp3) is 0.600. The highest BCUT2D eigenvalue weighted by Gasteiger charge is 2.17. The zero-order valence-electron chi connectivity index (χ0n) is 12.4. The van der Waals surface area contributed by atoms with Crippen molar-refractivity contribution in [3.05, 3.63) is 24.0 Å². The van der Waals surface area contributed by atoms with Gasteiger partial charge in [-0.1, -0.05) is 6.42 Å². The molecule has 2 rings (SSSR count). The Hall–Kier alpha value is -1.82.